The number of piperidine rings is 1. The molecule has 3 heterocycles. The molecule has 1 aromatic carbocycles. The van der Waals surface area contributed by atoms with E-state index >= 15 is 0 Å². The van der Waals surface area contributed by atoms with Gasteiger partial charge in [0.05, 0.1) is 27.6 Å². The van der Waals surface area contributed by atoms with Gasteiger partial charge < -0.3 is 21.7 Å². The van der Waals surface area contributed by atoms with Gasteiger partial charge in [-0.1, -0.05) is 40.6 Å². The van der Waals surface area contributed by atoms with E-state index in [9.17, 15) is 4.79 Å². The molecule has 1 atom stereocenters. The van der Waals surface area contributed by atoms with E-state index in [1.165, 1.54) is 0 Å². The predicted molar refractivity (Wildman–Crippen MR) is 124 cm³/mol. The lowest BCUT2D eigenvalue weighted by Gasteiger charge is -2.33. The molecule has 0 bridgehead atoms. The number of nitrogens with zero attached hydrogens (tertiary/aromatic N) is 3. The lowest BCUT2D eigenvalue weighted by molar-refractivity contribution is 0.102. The molecule has 30 heavy (non-hydrogen) atoms. The van der Waals surface area contributed by atoms with Gasteiger partial charge in [0.25, 0.3) is 5.91 Å². The van der Waals surface area contributed by atoms with Crippen molar-refractivity contribution in [3.8, 4) is 10.6 Å². The maximum absolute atomic E-state index is 13.0. The number of halogens is 2. The van der Waals surface area contributed by atoms with Crippen molar-refractivity contribution >= 4 is 56.8 Å². The lowest BCUT2D eigenvalue weighted by Crippen LogP contribution is -2.43. The molecule has 7 nitrogen and oxygen atoms in total. The Bertz CT molecular complexity index is 1070. The average Bonchev–Trinajstić information content (AvgIpc) is 3.09. The minimum absolute atomic E-state index is 0.104. The van der Waals surface area contributed by atoms with Crippen LogP contribution in [0.2, 0.25) is 10.0 Å². The van der Waals surface area contributed by atoms with Crippen LogP contribution in [-0.2, 0) is 0 Å². The maximum atomic E-state index is 13.0. The first-order chi connectivity index (χ1) is 14.4. The molecule has 0 spiro atoms. The molecule has 10 heteroatoms. The molecule has 1 aliphatic rings. The van der Waals surface area contributed by atoms with Crippen LogP contribution < -0.4 is 21.7 Å². The van der Waals surface area contributed by atoms with Crippen LogP contribution >= 0.6 is 34.5 Å². The van der Waals surface area contributed by atoms with Crippen LogP contribution in [0.4, 0.5) is 16.4 Å². The second-order valence-corrected chi connectivity index (χ2v) is 8.87. The number of amides is 1. The number of hydrogen-bond donors (Lipinski definition) is 3. The van der Waals surface area contributed by atoms with Crippen LogP contribution in [0.1, 0.15) is 23.3 Å². The van der Waals surface area contributed by atoms with Gasteiger partial charge in [-0.25, -0.2) is 4.98 Å². The predicted octanol–water partition coefficient (Wildman–Crippen LogP) is 4.27. The highest BCUT2D eigenvalue weighted by Crippen LogP contribution is 2.39. The summed E-state index contributed by atoms with van der Waals surface area (Å²) in [5, 5.41) is 4.54. The number of carbonyl (C=O) groups excluding carboxylic acids is 1. The third-order valence-electron chi connectivity index (χ3n) is 4.89. The fourth-order valence-electron chi connectivity index (χ4n) is 3.47. The Labute approximate surface area is 188 Å². The van der Waals surface area contributed by atoms with Gasteiger partial charge in [0.15, 0.2) is 5.69 Å². The Kier molecular flexibility index (Phi) is 6.10. The van der Waals surface area contributed by atoms with Gasteiger partial charge in [-0.2, -0.15) is 0 Å². The lowest BCUT2D eigenvalue weighted by atomic mass is 10.1. The van der Waals surface area contributed by atoms with Crippen molar-refractivity contribution in [2.75, 3.05) is 29.0 Å². The van der Waals surface area contributed by atoms with Crippen molar-refractivity contribution < 1.29 is 4.79 Å². The summed E-state index contributed by atoms with van der Waals surface area (Å²) in [4.78, 5) is 23.7. The summed E-state index contributed by atoms with van der Waals surface area (Å²) in [5.74, 6) is -0.422. The standard InChI is InChI=1S/C20H20Cl2N6OS/c21-12-4-1-5-13(22)16(12)20-27-17(18(24)30-20)19(29)26-14-9-25-7-6-15(14)28-8-2-3-11(23)10-28/h1,4-7,9,11H,2-3,8,10,23-24H2,(H,26,29)/t11-/m0/s1. The zero-order valence-electron chi connectivity index (χ0n) is 15.9. The number of nitrogens with two attached hydrogens (primary N) is 2. The SMILES string of the molecule is Nc1sc(-c2c(Cl)cccc2Cl)nc1C(=O)Nc1cnccc1N1CCC[C@H](N)C1. The van der Waals surface area contributed by atoms with Crippen molar-refractivity contribution in [2.45, 2.75) is 18.9 Å². The molecule has 1 saturated heterocycles. The number of thiazole rings is 1. The summed E-state index contributed by atoms with van der Waals surface area (Å²) >= 11 is 13.7. The summed E-state index contributed by atoms with van der Waals surface area (Å²) in [7, 11) is 0. The normalized spacial score (nSPS) is 16.5. The average molecular weight is 463 g/mol. The fourth-order valence-corrected chi connectivity index (χ4v) is 5.06. The Morgan fingerprint density at radius 2 is 2.03 bits per heavy atom. The minimum Gasteiger partial charge on any atom is -0.389 e. The number of anilines is 3. The summed E-state index contributed by atoms with van der Waals surface area (Å²) in [6, 6.07) is 7.14. The first-order valence-electron chi connectivity index (χ1n) is 9.40. The second-order valence-electron chi connectivity index (χ2n) is 7.02. The molecule has 3 aromatic rings. The molecule has 4 rings (SSSR count). The van der Waals surface area contributed by atoms with E-state index in [4.69, 9.17) is 34.7 Å². The number of rotatable bonds is 4. The molecule has 2 aromatic heterocycles. The zero-order valence-corrected chi connectivity index (χ0v) is 18.3. The quantitative estimate of drug-likeness (QED) is 0.533. The Morgan fingerprint density at radius 3 is 2.77 bits per heavy atom. The number of hydrogen-bond acceptors (Lipinski definition) is 7. The van der Waals surface area contributed by atoms with E-state index in [0.717, 1.165) is 43.0 Å². The monoisotopic (exact) mass is 462 g/mol. The molecule has 0 unspecified atom stereocenters. The van der Waals surface area contributed by atoms with E-state index < -0.39 is 5.91 Å². The molecular weight excluding hydrogens is 443 g/mol. The summed E-state index contributed by atoms with van der Waals surface area (Å²) in [6.07, 6.45) is 5.30. The van der Waals surface area contributed by atoms with Crippen LogP contribution in [-0.4, -0.2) is 35.0 Å². The highest BCUT2D eigenvalue weighted by Gasteiger charge is 2.23. The van der Waals surface area contributed by atoms with Gasteiger partial charge in [-0.05, 0) is 31.0 Å². The molecule has 1 aliphatic heterocycles. The molecule has 5 N–H and O–H groups in total. The van der Waals surface area contributed by atoms with Gasteiger partial charge in [-0.15, -0.1) is 0 Å². The molecular formula is C20H20Cl2N6OS. The van der Waals surface area contributed by atoms with E-state index in [1.807, 2.05) is 6.07 Å². The van der Waals surface area contributed by atoms with Gasteiger partial charge in [-0.3, -0.25) is 9.78 Å². The van der Waals surface area contributed by atoms with Crippen LogP contribution in [0.5, 0.6) is 0 Å². The highest BCUT2D eigenvalue weighted by atomic mass is 35.5. The second kappa shape index (κ2) is 8.77. The van der Waals surface area contributed by atoms with Gasteiger partial charge >= 0.3 is 0 Å². The van der Waals surface area contributed by atoms with Gasteiger partial charge in [0.1, 0.15) is 10.0 Å². The topological polar surface area (TPSA) is 110 Å². The first kappa shape index (κ1) is 20.9. The minimum atomic E-state index is -0.422. The van der Waals surface area contributed by atoms with Gasteiger partial charge in [0, 0.05) is 30.9 Å². The van der Waals surface area contributed by atoms with Crippen molar-refractivity contribution in [1.29, 1.82) is 0 Å². The van der Waals surface area contributed by atoms with Crippen LogP contribution in [0.3, 0.4) is 0 Å². The highest BCUT2D eigenvalue weighted by molar-refractivity contribution is 7.19. The first-order valence-corrected chi connectivity index (χ1v) is 11.0. The third-order valence-corrected chi connectivity index (χ3v) is 6.42. The van der Waals surface area contributed by atoms with E-state index in [1.54, 1.807) is 30.6 Å². The van der Waals surface area contributed by atoms with Crippen LogP contribution in [0.15, 0.2) is 36.7 Å². The van der Waals surface area contributed by atoms with Crippen molar-refractivity contribution in [3.63, 3.8) is 0 Å². The van der Waals surface area contributed by atoms with E-state index in [2.05, 4.69) is 20.2 Å². The number of benzene rings is 1. The third kappa shape index (κ3) is 4.22. The summed E-state index contributed by atoms with van der Waals surface area (Å²) in [5.41, 5.74) is 14.3. The largest absolute Gasteiger partial charge is 0.389 e. The summed E-state index contributed by atoms with van der Waals surface area (Å²) < 4.78 is 0. The molecule has 156 valence electrons. The number of nitrogen functional groups attached to an aromatic ring is 1. The number of pyridine rings is 1. The fraction of sp³-hybridized carbons (Fsp3) is 0.250. The van der Waals surface area contributed by atoms with Crippen molar-refractivity contribution in [3.05, 3.63) is 52.4 Å². The number of carbonyl (C=O) groups is 1. The summed E-state index contributed by atoms with van der Waals surface area (Å²) in [6.45, 7) is 1.59. The number of nitrogens with one attached hydrogen (secondary N) is 1. The Balaban J connectivity index is 1.61. The van der Waals surface area contributed by atoms with Crippen molar-refractivity contribution in [2.24, 2.45) is 5.73 Å². The molecule has 0 saturated carbocycles. The zero-order chi connectivity index (χ0) is 21.3. The Hall–Kier alpha value is -2.39. The van der Waals surface area contributed by atoms with E-state index in [0.29, 0.717) is 26.3 Å². The smallest absolute Gasteiger partial charge is 0.277 e. The van der Waals surface area contributed by atoms with Gasteiger partial charge in [0.2, 0.25) is 0 Å². The van der Waals surface area contributed by atoms with Crippen LogP contribution in [0, 0.1) is 0 Å². The van der Waals surface area contributed by atoms with Crippen LogP contribution in [0.25, 0.3) is 10.6 Å². The molecule has 0 radical (unpaired) electrons. The van der Waals surface area contributed by atoms with E-state index in [-0.39, 0.29) is 16.7 Å². The molecule has 1 amide bonds. The Morgan fingerprint density at radius 1 is 1.27 bits per heavy atom. The number of aromatic nitrogens is 2. The molecule has 0 aliphatic carbocycles. The molecule has 1 fully saturated rings. The maximum Gasteiger partial charge on any atom is 0.277 e. The van der Waals surface area contributed by atoms with Crippen molar-refractivity contribution in [1.82, 2.24) is 9.97 Å².